The summed E-state index contributed by atoms with van der Waals surface area (Å²) >= 11 is 3.02. The first kappa shape index (κ1) is 13.4. The zero-order valence-corrected chi connectivity index (χ0v) is 11.1. The summed E-state index contributed by atoms with van der Waals surface area (Å²) in [4.78, 5) is 11.0. The third-order valence-electron chi connectivity index (χ3n) is 2.35. The molecule has 0 radical (unpaired) electrons. The number of nitrogen functional groups attached to an aromatic ring is 1. The van der Waals surface area contributed by atoms with Gasteiger partial charge in [-0.25, -0.2) is 9.18 Å². The third kappa shape index (κ3) is 3.03. The molecule has 0 saturated carbocycles. The predicted octanol–water partition coefficient (Wildman–Crippen LogP) is 3.66. The van der Waals surface area contributed by atoms with Crippen molar-refractivity contribution in [2.24, 2.45) is 0 Å². The van der Waals surface area contributed by atoms with Gasteiger partial charge in [-0.15, -0.1) is 0 Å². The van der Waals surface area contributed by atoms with Gasteiger partial charge < -0.3 is 15.6 Å². The maximum Gasteiger partial charge on any atom is 0.339 e. The van der Waals surface area contributed by atoms with Crippen LogP contribution in [0.15, 0.2) is 40.9 Å². The van der Waals surface area contributed by atoms with Crippen LogP contribution in [-0.4, -0.2) is 11.1 Å². The Morgan fingerprint density at radius 1 is 1.26 bits per heavy atom. The van der Waals surface area contributed by atoms with Gasteiger partial charge in [-0.1, -0.05) is 0 Å². The molecule has 19 heavy (non-hydrogen) atoms. The molecule has 0 heterocycles. The van der Waals surface area contributed by atoms with E-state index in [0.717, 1.165) is 6.07 Å². The Morgan fingerprint density at radius 2 is 2.00 bits per heavy atom. The quantitative estimate of drug-likeness (QED) is 0.844. The number of rotatable bonds is 3. The SMILES string of the molecule is Nc1ccc(C(=O)O)c(Oc2ccc(Br)c(F)c2)c1. The van der Waals surface area contributed by atoms with Gasteiger partial charge in [-0.05, 0) is 40.2 Å². The minimum absolute atomic E-state index is 0.0440. The van der Waals surface area contributed by atoms with Gasteiger partial charge in [0, 0.05) is 17.8 Å². The highest BCUT2D eigenvalue weighted by atomic mass is 79.9. The molecule has 2 rings (SSSR count). The van der Waals surface area contributed by atoms with E-state index in [-0.39, 0.29) is 17.1 Å². The predicted molar refractivity (Wildman–Crippen MR) is 72.0 cm³/mol. The number of carbonyl (C=O) groups is 1. The highest BCUT2D eigenvalue weighted by Crippen LogP contribution is 2.29. The maximum atomic E-state index is 13.4. The molecule has 0 unspecified atom stereocenters. The molecule has 6 heteroatoms. The van der Waals surface area contributed by atoms with E-state index in [1.165, 1.54) is 30.3 Å². The van der Waals surface area contributed by atoms with Crippen LogP contribution in [0.1, 0.15) is 10.4 Å². The molecule has 0 aliphatic carbocycles. The van der Waals surface area contributed by atoms with E-state index in [1.807, 2.05) is 0 Å². The average Bonchev–Trinajstić information content (AvgIpc) is 2.33. The number of benzene rings is 2. The molecule has 0 aliphatic heterocycles. The molecule has 0 aliphatic rings. The molecule has 0 aromatic heterocycles. The van der Waals surface area contributed by atoms with Gasteiger partial charge in [-0.2, -0.15) is 0 Å². The largest absolute Gasteiger partial charge is 0.478 e. The number of aromatic carboxylic acids is 1. The Labute approximate surface area is 116 Å². The van der Waals surface area contributed by atoms with Gasteiger partial charge in [0.05, 0.1) is 4.47 Å². The first-order valence-electron chi connectivity index (χ1n) is 5.23. The Kier molecular flexibility index (Phi) is 3.71. The number of carboxylic acids is 1. The number of hydrogen-bond donors (Lipinski definition) is 2. The summed E-state index contributed by atoms with van der Waals surface area (Å²) in [6.07, 6.45) is 0. The molecule has 0 bridgehead atoms. The second-order valence-electron chi connectivity index (χ2n) is 3.74. The van der Waals surface area contributed by atoms with E-state index >= 15 is 0 Å². The number of nitrogens with two attached hydrogens (primary N) is 1. The molecule has 3 N–H and O–H groups in total. The van der Waals surface area contributed by atoms with Crippen LogP contribution in [0.4, 0.5) is 10.1 Å². The van der Waals surface area contributed by atoms with Gasteiger partial charge in [0.2, 0.25) is 0 Å². The number of hydrogen-bond acceptors (Lipinski definition) is 3. The number of halogens is 2. The van der Waals surface area contributed by atoms with Crippen LogP contribution < -0.4 is 10.5 Å². The van der Waals surface area contributed by atoms with Crippen molar-refractivity contribution in [3.05, 3.63) is 52.3 Å². The zero-order valence-electron chi connectivity index (χ0n) is 9.56. The van der Waals surface area contributed by atoms with Crippen LogP contribution in [0.2, 0.25) is 0 Å². The molecular formula is C13H9BrFNO3. The van der Waals surface area contributed by atoms with Crippen molar-refractivity contribution >= 4 is 27.6 Å². The molecule has 2 aromatic carbocycles. The lowest BCUT2D eigenvalue weighted by molar-refractivity contribution is 0.0694. The van der Waals surface area contributed by atoms with Crippen molar-refractivity contribution in [3.8, 4) is 11.5 Å². The molecule has 0 atom stereocenters. The number of anilines is 1. The molecule has 0 spiro atoms. The number of ether oxygens (including phenoxy) is 1. The fourth-order valence-corrected chi connectivity index (χ4v) is 1.71. The second kappa shape index (κ2) is 5.27. The summed E-state index contributed by atoms with van der Waals surface area (Å²) in [6.45, 7) is 0. The van der Waals surface area contributed by atoms with E-state index in [4.69, 9.17) is 15.6 Å². The summed E-state index contributed by atoms with van der Waals surface area (Å²) in [5.41, 5.74) is 5.90. The lowest BCUT2D eigenvalue weighted by atomic mass is 10.2. The first-order valence-corrected chi connectivity index (χ1v) is 6.02. The smallest absolute Gasteiger partial charge is 0.339 e. The molecule has 0 amide bonds. The topological polar surface area (TPSA) is 72.6 Å². The minimum atomic E-state index is -1.15. The van der Waals surface area contributed by atoms with E-state index < -0.39 is 11.8 Å². The van der Waals surface area contributed by atoms with Crippen LogP contribution in [0.3, 0.4) is 0 Å². The summed E-state index contributed by atoms with van der Waals surface area (Å²) in [5, 5.41) is 9.03. The van der Waals surface area contributed by atoms with Crippen LogP contribution >= 0.6 is 15.9 Å². The van der Waals surface area contributed by atoms with Gasteiger partial charge in [0.1, 0.15) is 22.9 Å². The van der Waals surface area contributed by atoms with Crippen molar-refractivity contribution in [2.75, 3.05) is 5.73 Å². The minimum Gasteiger partial charge on any atom is -0.478 e. The second-order valence-corrected chi connectivity index (χ2v) is 4.59. The van der Waals surface area contributed by atoms with Crippen molar-refractivity contribution in [1.82, 2.24) is 0 Å². The molecule has 4 nitrogen and oxygen atoms in total. The Bertz CT molecular complexity index is 646. The Hall–Kier alpha value is -2.08. The average molecular weight is 326 g/mol. The van der Waals surface area contributed by atoms with Crippen molar-refractivity contribution in [2.45, 2.75) is 0 Å². The highest BCUT2D eigenvalue weighted by molar-refractivity contribution is 9.10. The Morgan fingerprint density at radius 3 is 2.63 bits per heavy atom. The summed E-state index contributed by atoms with van der Waals surface area (Å²) < 4.78 is 19.0. The van der Waals surface area contributed by atoms with Crippen molar-refractivity contribution in [3.63, 3.8) is 0 Å². The number of carboxylic acid groups (broad SMARTS) is 1. The van der Waals surface area contributed by atoms with Gasteiger partial charge >= 0.3 is 5.97 Å². The summed E-state index contributed by atoms with van der Waals surface area (Å²) in [5.74, 6) is -1.39. The fraction of sp³-hybridized carbons (Fsp3) is 0. The highest BCUT2D eigenvalue weighted by Gasteiger charge is 2.13. The summed E-state index contributed by atoms with van der Waals surface area (Å²) in [7, 11) is 0. The first-order chi connectivity index (χ1) is 8.97. The molecule has 0 saturated heterocycles. The molecule has 0 fully saturated rings. The lowest BCUT2D eigenvalue weighted by Crippen LogP contribution is -2.01. The van der Waals surface area contributed by atoms with Gasteiger partial charge in [0.25, 0.3) is 0 Å². The fourth-order valence-electron chi connectivity index (χ4n) is 1.47. The van der Waals surface area contributed by atoms with E-state index in [1.54, 1.807) is 0 Å². The van der Waals surface area contributed by atoms with E-state index in [9.17, 15) is 9.18 Å². The van der Waals surface area contributed by atoms with Crippen LogP contribution in [0.5, 0.6) is 11.5 Å². The van der Waals surface area contributed by atoms with Gasteiger partial charge in [0.15, 0.2) is 0 Å². The summed E-state index contributed by atoms with van der Waals surface area (Å²) in [6, 6.07) is 8.31. The monoisotopic (exact) mass is 325 g/mol. The zero-order chi connectivity index (χ0) is 14.0. The standard InChI is InChI=1S/C13H9BrFNO3/c14-10-4-2-8(6-11(10)15)19-12-5-7(16)1-3-9(12)13(17)18/h1-6H,16H2,(H,17,18). The van der Waals surface area contributed by atoms with Crippen molar-refractivity contribution in [1.29, 1.82) is 0 Å². The van der Waals surface area contributed by atoms with Gasteiger partial charge in [-0.3, -0.25) is 0 Å². The Balaban J connectivity index is 2.39. The van der Waals surface area contributed by atoms with Crippen LogP contribution in [0.25, 0.3) is 0 Å². The van der Waals surface area contributed by atoms with Crippen LogP contribution in [0, 0.1) is 5.82 Å². The third-order valence-corrected chi connectivity index (χ3v) is 3.00. The van der Waals surface area contributed by atoms with Crippen molar-refractivity contribution < 1.29 is 19.0 Å². The van der Waals surface area contributed by atoms with E-state index in [0.29, 0.717) is 10.2 Å². The van der Waals surface area contributed by atoms with Crippen LogP contribution in [-0.2, 0) is 0 Å². The molecule has 2 aromatic rings. The molecule has 98 valence electrons. The maximum absolute atomic E-state index is 13.4. The lowest BCUT2D eigenvalue weighted by Gasteiger charge is -2.10. The molecular weight excluding hydrogens is 317 g/mol. The normalized spacial score (nSPS) is 10.2. The van der Waals surface area contributed by atoms with E-state index in [2.05, 4.69) is 15.9 Å².